The van der Waals surface area contributed by atoms with Gasteiger partial charge >= 0.3 is 0 Å². The van der Waals surface area contributed by atoms with Gasteiger partial charge in [0.05, 0.1) is 11.3 Å². The van der Waals surface area contributed by atoms with Gasteiger partial charge in [0.25, 0.3) is 0 Å². The largest absolute Gasteiger partial charge is 0.325 e. The van der Waals surface area contributed by atoms with E-state index in [0.717, 1.165) is 26.0 Å². The summed E-state index contributed by atoms with van der Waals surface area (Å²) in [6.45, 7) is 0. The second-order valence-corrected chi connectivity index (χ2v) is 6.60. The highest BCUT2D eigenvalue weighted by Gasteiger charge is 2.06. The maximum atomic E-state index is 12.0. The predicted molar refractivity (Wildman–Crippen MR) is 95.2 cm³/mol. The van der Waals surface area contributed by atoms with Crippen molar-refractivity contribution in [3.05, 3.63) is 65.3 Å². The molecule has 22 heavy (non-hydrogen) atoms. The minimum atomic E-state index is -0.0202. The van der Waals surface area contributed by atoms with Crippen LogP contribution >= 0.6 is 27.7 Å². The van der Waals surface area contributed by atoms with Crippen LogP contribution in [0.15, 0.2) is 70.2 Å². The summed E-state index contributed by atoms with van der Waals surface area (Å²) in [4.78, 5) is 17.4. The van der Waals surface area contributed by atoms with E-state index in [9.17, 15) is 4.79 Å². The Bertz CT molecular complexity index is 800. The first-order chi connectivity index (χ1) is 10.7. The molecular formula is C17H13BrN2OS. The van der Waals surface area contributed by atoms with Gasteiger partial charge in [-0.15, -0.1) is 11.8 Å². The third-order valence-corrected chi connectivity index (χ3v) is 4.70. The number of aromatic nitrogens is 1. The Labute approximate surface area is 141 Å². The first-order valence-corrected chi connectivity index (χ1v) is 8.52. The molecule has 0 aliphatic rings. The number of benzene rings is 2. The number of rotatable bonds is 4. The molecule has 1 aromatic heterocycles. The Morgan fingerprint density at radius 3 is 2.68 bits per heavy atom. The average Bonchev–Trinajstić information content (AvgIpc) is 2.55. The van der Waals surface area contributed by atoms with Crippen molar-refractivity contribution in [3.63, 3.8) is 0 Å². The number of hydrogen-bond acceptors (Lipinski definition) is 3. The number of thioether (sulfide) groups is 1. The summed E-state index contributed by atoms with van der Waals surface area (Å²) in [5.41, 5.74) is 1.74. The van der Waals surface area contributed by atoms with E-state index in [1.165, 1.54) is 11.8 Å². The molecule has 1 amide bonds. The molecule has 0 aliphatic heterocycles. The minimum absolute atomic E-state index is 0.0202. The number of amides is 1. The van der Waals surface area contributed by atoms with Crippen molar-refractivity contribution in [1.82, 2.24) is 4.98 Å². The number of carbonyl (C=O) groups is 1. The second-order valence-electron chi connectivity index (χ2n) is 4.67. The van der Waals surface area contributed by atoms with Crippen molar-refractivity contribution in [1.29, 1.82) is 0 Å². The highest BCUT2D eigenvalue weighted by Crippen LogP contribution is 2.26. The Kier molecular flexibility index (Phi) is 4.75. The normalized spacial score (nSPS) is 10.6. The molecular weight excluding hydrogens is 360 g/mol. The molecule has 3 rings (SSSR count). The maximum Gasteiger partial charge on any atom is 0.234 e. The number of carbonyl (C=O) groups excluding carboxylic acids is 1. The van der Waals surface area contributed by atoms with Gasteiger partial charge in [-0.3, -0.25) is 9.78 Å². The molecule has 0 bridgehead atoms. The molecule has 1 heterocycles. The van der Waals surface area contributed by atoms with Gasteiger partial charge in [-0.25, -0.2) is 0 Å². The lowest BCUT2D eigenvalue weighted by Crippen LogP contribution is -2.13. The van der Waals surface area contributed by atoms with E-state index < -0.39 is 0 Å². The van der Waals surface area contributed by atoms with Crippen LogP contribution in [0.4, 0.5) is 5.69 Å². The molecule has 2 aromatic carbocycles. The fourth-order valence-electron chi connectivity index (χ4n) is 2.07. The van der Waals surface area contributed by atoms with Crippen LogP contribution in [0.2, 0.25) is 0 Å². The van der Waals surface area contributed by atoms with Crippen LogP contribution in [0.5, 0.6) is 0 Å². The van der Waals surface area contributed by atoms with Gasteiger partial charge < -0.3 is 5.32 Å². The van der Waals surface area contributed by atoms with Crippen LogP contribution < -0.4 is 5.32 Å². The molecule has 1 N–H and O–H groups in total. The molecule has 110 valence electrons. The Balaban J connectivity index is 1.66. The van der Waals surface area contributed by atoms with Gasteiger partial charge in [0.15, 0.2) is 0 Å². The third kappa shape index (κ3) is 3.67. The fourth-order valence-corrected chi connectivity index (χ4v) is 3.18. The maximum absolute atomic E-state index is 12.0. The number of halogens is 1. The standard InChI is InChI=1S/C17H13BrN2OS/c18-12-5-7-13(8-6-12)20-17(21)11-22-16-9-10-19-15-4-2-1-3-14(15)16/h1-10H,11H2,(H,20,21). The van der Waals surface area contributed by atoms with Gasteiger partial charge in [0.1, 0.15) is 0 Å². The van der Waals surface area contributed by atoms with Gasteiger partial charge in [-0.1, -0.05) is 34.1 Å². The van der Waals surface area contributed by atoms with E-state index in [-0.39, 0.29) is 5.91 Å². The molecule has 5 heteroatoms. The van der Waals surface area contributed by atoms with Crippen molar-refractivity contribution in [2.75, 3.05) is 11.1 Å². The molecule has 0 aliphatic carbocycles. The summed E-state index contributed by atoms with van der Waals surface area (Å²) >= 11 is 4.89. The molecule has 0 radical (unpaired) electrons. The average molecular weight is 373 g/mol. The molecule has 3 aromatic rings. The highest BCUT2D eigenvalue weighted by atomic mass is 79.9. The summed E-state index contributed by atoms with van der Waals surface area (Å²) in [5.74, 6) is 0.345. The summed E-state index contributed by atoms with van der Waals surface area (Å²) < 4.78 is 0.989. The van der Waals surface area contributed by atoms with Crippen molar-refractivity contribution in [3.8, 4) is 0 Å². The smallest absolute Gasteiger partial charge is 0.234 e. The van der Waals surface area contributed by atoms with Crippen molar-refractivity contribution in [2.24, 2.45) is 0 Å². The number of fused-ring (bicyclic) bond motifs is 1. The number of para-hydroxylation sites is 1. The zero-order valence-electron chi connectivity index (χ0n) is 11.6. The molecule has 0 unspecified atom stereocenters. The van der Waals surface area contributed by atoms with Gasteiger partial charge in [-0.2, -0.15) is 0 Å². The van der Waals surface area contributed by atoms with Crippen LogP contribution in [0, 0.1) is 0 Å². The highest BCUT2D eigenvalue weighted by molar-refractivity contribution is 9.10. The van der Waals surface area contributed by atoms with Crippen molar-refractivity contribution < 1.29 is 4.79 Å². The van der Waals surface area contributed by atoms with Crippen LogP contribution in [0.3, 0.4) is 0 Å². The van der Waals surface area contributed by atoms with Gasteiger partial charge in [0, 0.05) is 26.6 Å². The van der Waals surface area contributed by atoms with E-state index in [4.69, 9.17) is 0 Å². The van der Waals surface area contributed by atoms with Crippen molar-refractivity contribution in [2.45, 2.75) is 4.90 Å². The molecule has 0 saturated carbocycles. The number of pyridine rings is 1. The quantitative estimate of drug-likeness (QED) is 0.673. The van der Waals surface area contributed by atoms with E-state index in [1.54, 1.807) is 6.20 Å². The summed E-state index contributed by atoms with van der Waals surface area (Å²) in [5, 5.41) is 3.97. The monoisotopic (exact) mass is 372 g/mol. The SMILES string of the molecule is O=C(CSc1ccnc2ccccc12)Nc1ccc(Br)cc1. The molecule has 0 spiro atoms. The molecule has 3 nitrogen and oxygen atoms in total. The van der Waals surface area contributed by atoms with E-state index in [2.05, 4.69) is 26.2 Å². The van der Waals surface area contributed by atoms with Crippen LogP contribution in [0.25, 0.3) is 10.9 Å². The van der Waals surface area contributed by atoms with Crippen LogP contribution in [-0.4, -0.2) is 16.6 Å². The molecule has 0 saturated heterocycles. The summed E-state index contributed by atoms with van der Waals surface area (Å²) in [6, 6.07) is 17.4. The van der Waals surface area contributed by atoms with E-state index in [0.29, 0.717) is 5.75 Å². The number of nitrogens with one attached hydrogen (secondary N) is 1. The van der Waals surface area contributed by atoms with E-state index in [1.807, 2.05) is 54.6 Å². The number of nitrogens with zero attached hydrogens (tertiary/aromatic N) is 1. The topological polar surface area (TPSA) is 42.0 Å². The predicted octanol–water partition coefficient (Wildman–Crippen LogP) is 4.73. The Hall–Kier alpha value is -1.85. The first-order valence-electron chi connectivity index (χ1n) is 6.74. The second kappa shape index (κ2) is 6.94. The van der Waals surface area contributed by atoms with Crippen molar-refractivity contribution >= 4 is 50.2 Å². The number of hydrogen-bond donors (Lipinski definition) is 1. The van der Waals surface area contributed by atoms with Crippen LogP contribution in [-0.2, 0) is 4.79 Å². The number of anilines is 1. The van der Waals surface area contributed by atoms with Gasteiger partial charge in [-0.05, 0) is 36.4 Å². The van der Waals surface area contributed by atoms with E-state index >= 15 is 0 Å². The fraction of sp³-hybridized carbons (Fsp3) is 0.0588. The lowest BCUT2D eigenvalue weighted by molar-refractivity contribution is -0.113. The zero-order chi connectivity index (χ0) is 15.4. The Morgan fingerprint density at radius 2 is 1.86 bits per heavy atom. The minimum Gasteiger partial charge on any atom is -0.325 e. The lowest BCUT2D eigenvalue weighted by Gasteiger charge is -2.07. The lowest BCUT2D eigenvalue weighted by atomic mass is 10.2. The first kappa shape index (κ1) is 15.1. The van der Waals surface area contributed by atoms with Gasteiger partial charge in [0.2, 0.25) is 5.91 Å². The summed E-state index contributed by atoms with van der Waals surface area (Å²) in [6.07, 6.45) is 1.78. The Morgan fingerprint density at radius 1 is 1.09 bits per heavy atom. The third-order valence-electron chi connectivity index (χ3n) is 3.10. The summed E-state index contributed by atoms with van der Waals surface area (Å²) in [7, 11) is 0. The molecule has 0 fully saturated rings. The zero-order valence-corrected chi connectivity index (χ0v) is 14.0. The molecule has 0 atom stereocenters. The van der Waals surface area contributed by atoms with Crippen LogP contribution in [0.1, 0.15) is 0 Å².